The van der Waals surface area contributed by atoms with Gasteiger partial charge in [-0.05, 0) is 37.1 Å². The minimum absolute atomic E-state index is 0.0406. The van der Waals surface area contributed by atoms with Gasteiger partial charge in [0, 0.05) is 12.1 Å². The Morgan fingerprint density at radius 1 is 1.14 bits per heavy atom. The number of nitrogens with one attached hydrogen (secondary N) is 2. The van der Waals surface area contributed by atoms with Crippen LogP contribution in [0, 0.1) is 5.92 Å². The van der Waals surface area contributed by atoms with E-state index in [1.54, 1.807) is 24.3 Å². The van der Waals surface area contributed by atoms with Gasteiger partial charge in [-0.3, -0.25) is 14.9 Å². The fourth-order valence-electron chi connectivity index (χ4n) is 1.44. The summed E-state index contributed by atoms with van der Waals surface area (Å²) in [5.74, 6) is 0.188. The highest BCUT2D eigenvalue weighted by atomic mass is 16.5. The van der Waals surface area contributed by atoms with Crippen LogP contribution in [-0.4, -0.2) is 30.9 Å². The average Bonchev–Trinajstić information content (AvgIpc) is 2.43. The molecule has 6 nitrogen and oxygen atoms in total. The summed E-state index contributed by atoms with van der Waals surface area (Å²) in [6.07, 6.45) is 0. The Kier molecular flexibility index (Phi) is 6.39. The number of hydrogen-bond acceptors (Lipinski definition) is 4. The Hall–Kier alpha value is -2.37. The Morgan fingerprint density at radius 2 is 1.76 bits per heavy atom. The van der Waals surface area contributed by atoms with Crippen LogP contribution in [0.3, 0.4) is 0 Å². The van der Waals surface area contributed by atoms with Gasteiger partial charge in [0.25, 0.3) is 5.91 Å². The standard InChI is InChI=1S/C15H20N2O4/c1-10(2)8-16-15(20)17-14(19)9-21-13-6-4-12(5-7-13)11(3)18/h4-7,10H,8-9H2,1-3H3,(H2,16,17,19,20). The number of rotatable bonds is 6. The normalized spacial score (nSPS) is 10.1. The molecule has 0 radical (unpaired) electrons. The van der Waals surface area contributed by atoms with Gasteiger partial charge in [-0.25, -0.2) is 4.79 Å². The van der Waals surface area contributed by atoms with Gasteiger partial charge >= 0.3 is 6.03 Å². The molecule has 6 heteroatoms. The molecule has 0 saturated carbocycles. The van der Waals surface area contributed by atoms with Crippen LogP contribution in [0.15, 0.2) is 24.3 Å². The van der Waals surface area contributed by atoms with Crippen molar-refractivity contribution >= 4 is 17.7 Å². The van der Waals surface area contributed by atoms with Crippen molar-refractivity contribution in [1.82, 2.24) is 10.6 Å². The van der Waals surface area contributed by atoms with Gasteiger partial charge in [-0.1, -0.05) is 13.8 Å². The van der Waals surface area contributed by atoms with E-state index in [-0.39, 0.29) is 12.4 Å². The van der Waals surface area contributed by atoms with E-state index in [0.29, 0.717) is 23.8 Å². The lowest BCUT2D eigenvalue weighted by atomic mass is 10.1. The SMILES string of the molecule is CC(=O)c1ccc(OCC(=O)NC(=O)NCC(C)C)cc1. The van der Waals surface area contributed by atoms with E-state index in [1.807, 2.05) is 13.8 Å². The lowest BCUT2D eigenvalue weighted by Gasteiger charge is -2.09. The second kappa shape index (κ2) is 8.04. The highest BCUT2D eigenvalue weighted by Gasteiger charge is 2.08. The molecule has 1 aromatic rings. The lowest BCUT2D eigenvalue weighted by molar-refractivity contribution is -0.122. The molecule has 0 aliphatic rings. The summed E-state index contributed by atoms with van der Waals surface area (Å²) >= 11 is 0. The summed E-state index contributed by atoms with van der Waals surface area (Å²) in [6, 6.07) is 5.89. The van der Waals surface area contributed by atoms with Crippen molar-refractivity contribution in [2.24, 2.45) is 5.92 Å². The summed E-state index contributed by atoms with van der Waals surface area (Å²) in [7, 11) is 0. The molecule has 0 aliphatic carbocycles. The van der Waals surface area contributed by atoms with Crippen LogP contribution in [-0.2, 0) is 4.79 Å². The molecule has 0 aromatic heterocycles. The number of carbonyl (C=O) groups is 3. The van der Waals surface area contributed by atoms with E-state index < -0.39 is 11.9 Å². The van der Waals surface area contributed by atoms with Crippen molar-refractivity contribution in [3.8, 4) is 5.75 Å². The first-order valence-electron chi connectivity index (χ1n) is 6.70. The average molecular weight is 292 g/mol. The first-order valence-corrected chi connectivity index (χ1v) is 6.70. The van der Waals surface area contributed by atoms with Crippen molar-refractivity contribution in [2.75, 3.05) is 13.2 Å². The topological polar surface area (TPSA) is 84.5 Å². The van der Waals surface area contributed by atoms with Crippen molar-refractivity contribution < 1.29 is 19.1 Å². The lowest BCUT2D eigenvalue weighted by Crippen LogP contribution is -2.42. The fourth-order valence-corrected chi connectivity index (χ4v) is 1.44. The first-order chi connectivity index (χ1) is 9.88. The molecule has 0 saturated heterocycles. The smallest absolute Gasteiger partial charge is 0.321 e. The van der Waals surface area contributed by atoms with Gasteiger partial charge in [0.15, 0.2) is 12.4 Å². The third-order valence-corrected chi connectivity index (χ3v) is 2.55. The highest BCUT2D eigenvalue weighted by molar-refractivity contribution is 5.95. The molecule has 0 heterocycles. The summed E-state index contributed by atoms with van der Waals surface area (Å²) in [4.78, 5) is 34.0. The number of benzene rings is 1. The maximum atomic E-state index is 11.5. The van der Waals surface area contributed by atoms with Crippen LogP contribution < -0.4 is 15.4 Å². The zero-order valence-electron chi connectivity index (χ0n) is 12.4. The summed E-state index contributed by atoms with van der Waals surface area (Å²) in [5.41, 5.74) is 0.569. The van der Waals surface area contributed by atoms with Crippen LogP contribution in [0.2, 0.25) is 0 Å². The number of carbonyl (C=O) groups excluding carboxylic acids is 3. The van der Waals surface area contributed by atoms with E-state index in [9.17, 15) is 14.4 Å². The van der Waals surface area contributed by atoms with Gasteiger partial charge < -0.3 is 10.1 Å². The largest absolute Gasteiger partial charge is 0.484 e. The Bertz CT molecular complexity index is 509. The predicted molar refractivity (Wildman–Crippen MR) is 78.3 cm³/mol. The Balaban J connectivity index is 2.35. The van der Waals surface area contributed by atoms with E-state index in [4.69, 9.17) is 4.74 Å². The number of amides is 3. The number of ether oxygens (including phenoxy) is 1. The molecule has 1 rings (SSSR count). The van der Waals surface area contributed by atoms with E-state index in [0.717, 1.165) is 0 Å². The van der Waals surface area contributed by atoms with Crippen molar-refractivity contribution in [1.29, 1.82) is 0 Å². The third kappa shape index (κ3) is 6.56. The molecular formula is C15H20N2O4. The van der Waals surface area contributed by atoms with Gasteiger partial charge in [-0.2, -0.15) is 0 Å². The maximum absolute atomic E-state index is 11.5. The summed E-state index contributed by atoms with van der Waals surface area (Å²) in [6.45, 7) is 5.60. The summed E-state index contributed by atoms with van der Waals surface area (Å²) < 4.78 is 5.23. The monoisotopic (exact) mass is 292 g/mol. The number of hydrogen-bond donors (Lipinski definition) is 2. The van der Waals surface area contributed by atoms with Crippen molar-refractivity contribution in [3.63, 3.8) is 0 Å². The van der Waals surface area contributed by atoms with Gasteiger partial charge in [-0.15, -0.1) is 0 Å². The van der Waals surface area contributed by atoms with Crippen LogP contribution in [0.5, 0.6) is 5.75 Å². The molecule has 0 atom stereocenters. The molecule has 21 heavy (non-hydrogen) atoms. The van der Waals surface area contributed by atoms with Gasteiger partial charge in [0.05, 0.1) is 0 Å². The number of Topliss-reactive ketones (excluding diaryl/α,β-unsaturated/α-hetero) is 1. The maximum Gasteiger partial charge on any atom is 0.321 e. The minimum Gasteiger partial charge on any atom is -0.484 e. The van der Waals surface area contributed by atoms with Crippen molar-refractivity contribution in [2.45, 2.75) is 20.8 Å². The fraction of sp³-hybridized carbons (Fsp3) is 0.400. The zero-order valence-corrected chi connectivity index (χ0v) is 12.4. The molecule has 3 amide bonds. The molecule has 1 aromatic carbocycles. The number of urea groups is 1. The Morgan fingerprint density at radius 3 is 2.29 bits per heavy atom. The molecule has 0 unspecified atom stereocenters. The third-order valence-electron chi connectivity index (χ3n) is 2.55. The zero-order chi connectivity index (χ0) is 15.8. The molecule has 0 fully saturated rings. The summed E-state index contributed by atoms with van der Waals surface area (Å²) in [5, 5.41) is 4.73. The second-order valence-electron chi connectivity index (χ2n) is 5.02. The van der Waals surface area contributed by atoms with Crippen LogP contribution >= 0.6 is 0 Å². The highest BCUT2D eigenvalue weighted by Crippen LogP contribution is 2.12. The second-order valence-corrected chi connectivity index (χ2v) is 5.02. The Labute approximate surface area is 123 Å². The van der Waals surface area contributed by atoms with Gasteiger partial charge in [0.1, 0.15) is 5.75 Å². The minimum atomic E-state index is -0.538. The molecule has 0 spiro atoms. The number of ketones is 1. The molecular weight excluding hydrogens is 272 g/mol. The van der Waals surface area contributed by atoms with Gasteiger partial charge in [0.2, 0.25) is 0 Å². The molecule has 2 N–H and O–H groups in total. The van der Waals surface area contributed by atoms with E-state index >= 15 is 0 Å². The van der Waals surface area contributed by atoms with Crippen LogP contribution in [0.25, 0.3) is 0 Å². The molecule has 114 valence electrons. The van der Waals surface area contributed by atoms with Crippen molar-refractivity contribution in [3.05, 3.63) is 29.8 Å². The quantitative estimate of drug-likeness (QED) is 0.782. The van der Waals surface area contributed by atoms with Crippen LogP contribution in [0.4, 0.5) is 4.79 Å². The number of imide groups is 1. The van der Waals surface area contributed by atoms with Crippen LogP contribution in [0.1, 0.15) is 31.1 Å². The first kappa shape index (κ1) is 16.7. The predicted octanol–water partition coefficient (Wildman–Crippen LogP) is 1.75. The van der Waals surface area contributed by atoms with E-state index in [1.165, 1.54) is 6.92 Å². The molecule has 0 aliphatic heterocycles. The van der Waals surface area contributed by atoms with E-state index in [2.05, 4.69) is 10.6 Å². The molecule has 0 bridgehead atoms.